The summed E-state index contributed by atoms with van der Waals surface area (Å²) in [6.45, 7) is 1.51. The molecule has 1 fully saturated rings. The first-order valence-corrected chi connectivity index (χ1v) is 6.33. The molecule has 2 rings (SSSR count). The largest absolute Gasteiger partial charge is 0.376 e. The van der Waals surface area contributed by atoms with Gasteiger partial charge in [0.25, 0.3) is 5.56 Å². The third-order valence-electron chi connectivity index (χ3n) is 3.03. The van der Waals surface area contributed by atoms with Crippen LogP contribution in [0.1, 0.15) is 19.3 Å². The molecular weight excluding hydrogens is 250 g/mol. The number of ether oxygens (including phenoxy) is 1. The number of aromatic nitrogens is 2. The predicted molar refractivity (Wildman–Crippen MR) is 67.9 cm³/mol. The number of carbonyl (C=O) groups excluding carboxylic acids is 1. The predicted octanol–water partition coefficient (Wildman–Crippen LogP) is -0.778. The average molecular weight is 267 g/mol. The van der Waals surface area contributed by atoms with Crippen LogP contribution in [0.2, 0.25) is 0 Å². The van der Waals surface area contributed by atoms with Crippen LogP contribution in [-0.4, -0.2) is 34.7 Å². The number of amides is 1. The minimum Gasteiger partial charge on any atom is -0.376 e. The van der Waals surface area contributed by atoms with Crippen LogP contribution in [0.25, 0.3) is 0 Å². The Kier molecular flexibility index (Phi) is 4.51. The van der Waals surface area contributed by atoms with Crippen LogP contribution in [-0.2, 0) is 16.1 Å². The first-order valence-electron chi connectivity index (χ1n) is 6.33. The molecule has 0 saturated carbocycles. The van der Waals surface area contributed by atoms with Gasteiger partial charge >= 0.3 is 5.69 Å². The van der Waals surface area contributed by atoms with Crippen molar-refractivity contribution in [3.8, 4) is 0 Å². The molecule has 1 atom stereocenters. The smallest absolute Gasteiger partial charge is 0.328 e. The average Bonchev–Trinajstić information content (AvgIpc) is 2.88. The van der Waals surface area contributed by atoms with E-state index in [1.165, 1.54) is 16.8 Å². The fourth-order valence-electron chi connectivity index (χ4n) is 1.96. The Morgan fingerprint density at radius 2 is 2.37 bits per heavy atom. The van der Waals surface area contributed by atoms with Gasteiger partial charge in [-0.2, -0.15) is 0 Å². The zero-order valence-corrected chi connectivity index (χ0v) is 10.6. The molecule has 104 valence electrons. The first kappa shape index (κ1) is 13.5. The standard InChI is InChI=1S/C12H17N3O4/c16-10(13-8-9-2-1-7-19-9)3-5-15-6-4-11(17)14-12(15)18/h4,6,9H,1-3,5,7-8H2,(H,13,16)(H,14,17,18). The third-order valence-corrected chi connectivity index (χ3v) is 3.03. The van der Waals surface area contributed by atoms with E-state index in [1.54, 1.807) is 0 Å². The van der Waals surface area contributed by atoms with E-state index in [1.807, 2.05) is 0 Å². The summed E-state index contributed by atoms with van der Waals surface area (Å²) in [5.41, 5.74) is -0.941. The Bertz CT molecular complexity index is 542. The zero-order chi connectivity index (χ0) is 13.7. The molecule has 19 heavy (non-hydrogen) atoms. The maximum Gasteiger partial charge on any atom is 0.328 e. The van der Waals surface area contributed by atoms with Gasteiger partial charge in [-0.1, -0.05) is 0 Å². The van der Waals surface area contributed by atoms with Gasteiger partial charge in [-0.3, -0.25) is 14.6 Å². The van der Waals surface area contributed by atoms with Gasteiger partial charge in [-0.25, -0.2) is 4.79 Å². The lowest BCUT2D eigenvalue weighted by atomic mass is 10.2. The summed E-state index contributed by atoms with van der Waals surface area (Å²) in [6, 6.07) is 1.26. The summed E-state index contributed by atoms with van der Waals surface area (Å²) in [6.07, 6.45) is 3.69. The molecule has 1 aliphatic rings. The van der Waals surface area contributed by atoms with Gasteiger partial charge in [0.15, 0.2) is 0 Å². The number of rotatable bonds is 5. The Morgan fingerprint density at radius 3 is 3.05 bits per heavy atom. The normalized spacial score (nSPS) is 18.4. The van der Waals surface area contributed by atoms with E-state index in [4.69, 9.17) is 4.74 Å². The second-order valence-corrected chi connectivity index (χ2v) is 4.49. The van der Waals surface area contributed by atoms with Gasteiger partial charge in [0.1, 0.15) is 0 Å². The van der Waals surface area contributed by atoms with Crippen LogP contribution >= 0.6 is 0 Å². The van der Waals surface area contributed by atoms with Crippen molar-refractivity contribution in [3.05, 3.63) is 33.1 Å². The van der Waals surface area contributed by atoms with Crippen LogP contribution in [0.15, 0.2) is 21.9 Å². The number of aromatic amines is 1. The molecule has 0 spiro atoms. The molecule has 1 aromatic rings. The number of carbonyl (C=O) groups is 1. The molecular formula is C12H17N3O4. The number of aryl methyl sites for hydroxylation is 1. The summed E-state index contributed by atoms with van der Waals surface area (Å²) in [5.74, 6) is -0.131. The number of hydrogen-bond donors (Lipinski definition) is 2. The van der Waals surface area contributed by atoms with E-state index >= 15 is 0 Å². The van der Waals surface area contributed by atoms with Gasteiger partial charge in [0, 0.05) is 38.4 Å². The lowest BCUT2D eigenvalue weighted by molar-refractivity contribution is -0.121. The molecule has 0 aromatic carbocycles. The summed E-state index contributed by atoms with van der Waals surface area (Å²) in [7, 11) is 0. The summed E-state index contributed by atoms with van der Waals surface area (Å²) in [4.78, 5) is 36.0. The highest BCUT2D eigenvalue weighted by Gasteiger charge is 2.15. The summed E-state index contributed by atoms with van der Waals surface area (Å²) >= 11 is 0. The minimum absolute atomic E-state index is 0.111. The van der Waals surface area contributed by atoms with Gasteiger partial charge in [0.05, 0.1) is 6.10 Å². The van der Waals surface area contributed by atoms with E-state index in [0.717, 1.165) is 19.4 Å². The van der Waals surface area contributed by atoms with Gasteiger partial charge < -0.3 is 14.6 Å². The minimum atomic E-state index is -0.501. The first-order chi connectivity index (χ1) is 9.15. The van der Waals surface area contributed by atoms with Crippen LogP contribution < -0.4 is 16.6 Å². The summed E-state index contributed by atoms with van der Waals surface area (Å²) in [5, 5.41) is 2.77. The van der Waals surface area contributed by atoms with E-state index < -0.39 is 11.2 Å². The maximum atomic E-state index is 11.6. The highest BCUT2D eigenvalue weighted by molar-refractivity contribution is 5.75. The van der Waals surface area contributed by atoms with Crippen LogP contribution in [0.3, 0.4) is 0 Å². The quantitative estimate of drug-likeness (QED) is 0.732. The zero-order valence-electron chi connectivity index (χ0n) is 10.6. The van der Waals surface area contributed by atoms with Crippen molar-refractivity contribution in [2.24, 2.45) is 0 Å². The highest BCUT2D eigenvalue weighted by Crippen LogP contribution is 2.10. The van der Waals surface area contributed by atoms with Crippen molar-refractivity contribution in [1.82, 2.24) is 14.9 Å². The number of H-pyrrole nitrogens is 1. The molecule has 2 N–H and O–H groups in total. The van der Waals surface area contributed by atoms with E-state index in [2.05, 4.69) is 10.3 Å². The molecule has 1 amide bonds. The molecule has 1 saturated heterocycles. The molecule has 1 aliphatic heterocycles. The van der Waals surface area contributed by atoms with Crippen LogP contribution in [0.5, 0.6) is 0 Å². The van der Waals surface area contributed by atoms with Crippen molar-refractivity contribution in [2.45, 2.75) is 31.9 Å². The molecule has 0 bridgehead atoms. The highest BCUT2D eigenvalue weighted by atomic mass is 16.5. The van der Waals surface area contributed by atoms with Gasteiger partial charge in [-0.15, -0.1) is 0 Å². The molecule has 7 nitrogen and oxygen atoms in total. The number of hydrogen-bond acceptors (Lipinski definition) is 4. The fraction of sp³-hybridized carbons (Fsp3) is 0.583. The molecule has 1 unspecified atom stereocenters. The maximum absolute atomic E-state index is 11.6. The second-order valence-electron chi connectivity index (χ2n) is 4.49. The van der Waals surface area contributed by atoms with E-state index in [-0.39, 0.29) is 25.0 Å². The number of nitrogens with one attached hydrogen (secondary N) is 2. The lowest BCUT2D eigenvalue weighted by Gasteiger charge is -2.11. The van der Waals surface area contributed by atoms with E-state index in [9.17, 15) is 14.4 Å². The molecule has 1 aromatic heterocycles. The topological polar surface area (TPSA) is 93.2 Å². The molecule has 0 aliphatic carbocycles. The van der Waals surface area contributed by atoms with Crippen molar-refractivity contribution < 1.29 is 9.53 Å². The fourth-order valence-corrected chi connectivity index (χ4v) is 1.96. The molecule has 7 heteroatoms. The molecule has 0 radical (unpaired) electrons. The Hall–Kier alpha value is -1.89. The SMILES string of the molecule is O=C(CCn1ccc(=O)[nH]c1=O)NCC1CCCO1. The van der Waals surface area contributed by atoms with Crippen molar-refractivity contribution in [1.29, 1.82) is 0 Å². The van der Waals surface area contributed by atoms with Crippen LogP contribution in [0, 0.1) is 0 Å². The van der Waals surface area contributed by atoms with Crippen molar-refractivity contribution in [2.75, 3.05) is 13.2 Å². The van der Waals surface area contributed by atoms with Gasteiger partial charge in [0.2, 0.25) is 5.91 Å². The second kappa shape index (κ2) is 6.33. The molecule has 2 heterocycles. The van der Waals surface area contributed by atoms with Crippen molar-refractivity contribution >= 4 is 5.91 Å². The Morgan fingerprint density at radius 1 is 1.53 bits per heavy atom. The Balaban J connectivity index is 1.76. The van der Waals surface area contributed by atoms with E-state index in [0.29, 0.717) is 6.54 Å². The lowest BCUT2D eigenvalue weighted by Crippen LogP contribution is -2.34. The summed E-state index contributed by atoms with van der Waals surface area (Å²) < 4.78 is 6.69. The van der Waals surface area contributed by atoms with Crippen molar-refractivity contribution in [3.63, 3.8) is 0 Å². The van der Waals surface area contributed by atoms with Crippen LogP contribution in [0.4, 0.5) is 0 Å². The Labute approximate surface area is 109 Å². The monoisotopic (exact) mass is 267 g/mol. The van der Waals surface area contributed by atoms with Gasteiger partial charge in [-0.05, 0) is 12.8 Å². The number of nitrogens with zero attached hydrogens (tertiary/aromatic N) is 1. The third kappa shape index (κ3) is 4.06.